The van der Waals surface area contributed by atoms with E-state index in [1.54, 1.807) is 0 Å². The molecule has 4 aromatic rings. The zero-order valence-electron chi connectivity index (χ0n) is 16.5. The van der Waals surface area contributed by atoms with Crippen LogP contribution in [0.3, 0.4) is 0 Å². The molecule has 1 N–H and O–H groups in total. The quantitative estimate of drug-likeness (QED) is 0.442. The van der Waals surface area contributed by atoms with Crippen molar-refractivity contribution in [1.82, 2.24) is 24.7 Å². The fourth-order valence-electron chi connectivity index (χ4n) is 3.28. The number of hydrogen-bond donors (Lipinski definition) is 1. The van der Waals surface area contributed by atoms with Gasteiger partial charge >= 0.3 is 12.4 Å². The van der Waals surface area contributed by atoms with Gasteiger partial charge in [-0.1, -0.05) is 6.07 Å². The zero-order valence-corrected chi connectivity index (χ0v) is 16.5. The van der Waals surface area contributed by atoms with Crippen LogP contribution in [0.15, 0.2) is 49.1 Å². The summed E-state index contributed by atoms with van der Waals surface area (Å²) in [7, 11) is 1.12. The first kappa shape index (κ1) is 22.2. The number of nitrogens with one attached hydrogen (secondary N) is 1. The first-order valence-electron chi connectivity index (χ1n) is 9.14. The minimum absolute atomic E-state index is 0.00848. The SMILES string of the molecule is Cn1nc(-c2cncc3ncccc23)c(C(F)(F)F)c1C(=O)Nc1ccnc(C(F)(F)F)c1. The molecule has 0 aliphatic heterocycles. The number of carbonyl (C=O) groups is 1. The maximum atomic E-state index is 14.1. The summed E-state index contributed by atoms with van der Waals surface area (Å²) in [6, 6.07) is 4.60. The maximum Gasteiger partial charge on any atom is 0.433 e. The summed E-state index contributed by atoms with van der Waals surface area (Å²) in [4.78, 5) is 23.9. The third kappa shape index (κ3) is 4.21. The van der Waals surface area contributed by atoms with Crippen LogP contribution in [-0.2, 0) is 19.4 Å². The smallest absolute Gasteiger partial charge is 0.321 e. The minimum atomic E-state index is -5.02. The predicted molar refractivity (Wildman–Crippen MR) is 104 cm³/mol. The molecule has 7 nitrogen and oxygen atoms in total. The van der Waals surface area contributed by atoms with Gasteiger partial charge < -0.3 is 5.32 Å². The van der Waals surface area contributed by atoms with Crippen LogP contribution in [0.25, 0.3) is 22.2 Å². The second-order valence-corrected chi connectivity index (χ2v) is 6.83. The molecule has 4 heterocycles. The van der Waals surface area contributed by atoms with Gasteiger partial charge in [0.25, 0.3) is 5.91 Å². The molecule has 0 bridgehead atoms. The van der Waals surface area contributed by atoms with Gasteiger partial charge in [0.1, 0.15) is 22.6 Å². The average molecular weight is 466 g/mol. The molecule has 0 saturated heterocycles. The van der Waals surface area contributed by atoms with Crippen LogP contribution in [0.1, 0.15) is 21.7 Å². The maximum absolute atomic E-state index is 14.1. The third-order valence-electron chi connectivity index (χ3n) is 4.64. The van der Waals surface area contributed by atoms with Crippen molar-refractivity contribution in [2.45, 2.75) is 12.4 Å². The van der Waals surface area contributed by atoms with Gasteiger partial charge in [0.15, 0.2) is 0 Å². The standard InChI is InChI=1S/C20H12F6N6O/c1-32-17(18(33)30-10-4-6-29-14(7-10)19(21,22)23)15(20(24,25)26)16(31-32)12-8-27-9-13-11(12)3-2-5-28-13/h2-9H,1H3,(H,29,30,33). The topological polar surface area (TPSA) is 85.6 Å². The number of alkyl halides is 6. The molecule has 0 fully saturated rings. The van der Waals surface area contributed by atoms with Crippen molar-refractivity contribution in [2.75, 3.05) is 5.32 Å². The number of carbonyl (C=O) groups excluding carboxylic acids is 1. The van der Waals surface area contributed by atoms with E-state index in [2.05, 4.69) is 25.4 Å². The largest absolute Gasteiger partial charge is 0.433 e. The molecule has 0 aliphatic rings. The van der Waals surface area contributed by atoms with Gasteiger partial charge in [-0.15, -0.1) is 0 Å². The van der Waals surface area contributed by atoms with Crippen LogP contribution in [0.4, 0.5) is 32.0 Å². The molecular formula is C20H12F6N6O. The molecule has 13 heteroatoms. The summed E-state index contributed by atoms with van der Waals surface area (Å²) in [6.45, 7) is 0. The van der Waals surface area contributed by atoms with Crippen LogP contribution in [0, 0.1) is 0 Å². The first-order valence-corrected chi connectivity index (χ1v) is 9.14. The number of aryl methyl sites for hydroxylation is 1. The van der Waals surface area contributed by atoms with Crippen molar-refractivity contribution in [3.8, 4) is 11.3 Å². The summed E-state index contributed by atoms with van der Waals surface area (Å²) in [5.41, 5.74) is -4.19. The summed E-state index contributed by atoms with van der Waals surface area (Å²) >= 11 is 0. The molecule has 0 atom stereocenters. The third-order valence-corrected chi connectivity index (χ3v) is 4.64. The van der Waals surface area contributed by atoms with Crippen LogP contribution >= 0.6 is 0 Å². The molecule has 1 amide bonds. The second kappa shape index (κ2) is 7.83. The Morgan fingerprint density at radius 2 is 1.76 bits per heavy atom. The number of nitrogens with zero attached hydrogens (tertiary/aromatic N) is 5. The highest BCUT2D eigenvalue weighted by Crippen LogP contribution is 2.41. The monoisotopic (exact) mass is 466 g/mol. The number of aromatic nitrogens is 5. The van der Waals surface area contributed by atoms with Crippen LogP contribution < -0.4 is 5.32 Å². The number of pyridine rings is 3. The van der Waals surface area contributed by atoms with Gasteiger partial charge in [-0.3, -0.25) is 24.4 Å². The molecule has 0 aromatic carbocycles. The number of hydrogen-bond acceptors (Lipinski definition) is 5. The van der Waals surface area contributed by atoms with E-state index in [1.165, 1.54) is 30.7 Å². The average Bonchev–Trinajstić information content (AvgIpc) is 3.10. The van der Waals surface area contributed by atoms with Crippen LogP contribution in [0.2, 0.25) is 0 Å². The predicted octanol–water partition coefficient (Wildman–Crippen LogP) is 4.72. The summed E-state index contributed by atoms with van der Waals surface area (Å²) in [5.74, 6) is -1.30. The van der Waals surface area contributed by atoms with E-state index in [0.29, 0.717) is 21.7 Å². The summed E-state index contributed by atoms with van der Waals surface area (Å²) in [5, 5.41) is 6.28. The lowest BCUT2D eigenvalue weighted by atomic mass is 10.0. The molecule has 0 aliphatic carbocycles. The van der Waals surface area contributed by atoms with E-state index in [-0.39, 0.29) is 11.3 Å². The molecular weight excluding hydrogens is 454 g/mol. The summed E-state index contributed by atoms with van der Waals surface area (Å²) in [6.07, 6.45) is -5.05. The molecule has 4 rings (SSSR count). The highest BCUT2D eigenvalue weighted by Gasteiger charge is 2.42. The van der Waals surface area contributed by atoms with E-state index in [4.69, 9.17) is 0 Å². The van der Waals surface area contributed by atoms with Crippen molar-refractivity contribution < 1.29 is 31.1 Å². The van der Waals surface area contributed by atoms with E-state index >= 15 is 0 Å². The Balaban J connectivity index is 1.84. The highest BCUT2D eigenvalue weighted by atomic mass is 19.4. The lowest BCUT2D eigenvalue weighted by Gasteiger charge is -2.12. The van der Waals surface area contributed by atoms with E-state index in [1.807, 2.05) is 0 Å². The Morgan fingerprint density at radius 3 is 2.45 bits per heavy atom. The fraction of sp³-hybridized carbons (Fsp3) is 0.150. The molecule has 0 saturated carbocycles. The van der Waals surface area contributed by atoms with Crippen molar-refractivity contribution in [3.63, 3.8) is 0 Å². The molecule has 4 aromatic heterocycles. The number of halogens is 6. The Hall–Kier alpha value is -4.03. The lowest BCUT2D eigenvalue weighted by molar-refractivity contribution is -0.141. The van der Waals surface area contributed by atoms with Gasteiger partial charge in [-0.05, 0) is 18.2 Å². The Morgan fingerprint density at radius 1 is 1.00 bits per heavy atom. The Bertz CT molecular complexity index is 1360. The zero-order chi connectivity index (χ0) is 24.0. The first-order chi connectivity index (χ1) is 15.5. The van der Waals surface area contributed by atoms with Gasteiger partial charge in [0.2, 0.25) is 0 Å². The Labute approximate surface area is 181 Å². The number of fused-ring (bicyclic) bond motifs is 1. The number of amides is 1. The van der Waals surface area contributed by atoms with Gasteiger partial charge in [-0.2, -0.15) is 31.4 Å². The molecule has 0 spiro atoms. The number of anilines is 1. The van der Waals surface area contributed by atoms with Crippen LogP contribution in [-0.4, -0.2) is 30.6 Å². The normalized spacial score (nSPS) is 12.2. The van der Waals surface area contributed by atoms with Gasteiger partial charge in [0.05, 0.1) is 11.7 Å². The van der Waals surface area contributed by atoms with E-state index in [9.17, 15) is 31.1 Å². The molecule has 0 radical (unpaired) electrons. The summed E-state index contributed by atoms with van der Waals surface area (Å²) < 4.78 is 81.7. The lowest BCUT2D eigenvalue weighted by Crippen LogP contribution is -2.21. The molecule has 170 valence electrons. The van der Waals surface area contributed by atoms with E-state index < -0.39 is 40.9 Å². The van der Waals surface area contributed by atoms with Crippen molar-refractivity contribution in [2.24, 2.45) is 7.05 Å². The fourth-order valence-corrected chi connectivity index (χ4v) is 3.28. The van der Waals surface area contributed by atoms with Gasteiger partial charge in [0, 0.05) is 42.3 Å². The van der Waals surface area contributed by atoms with Crippen LogP contribution in [0.5, 0.6) is 0 Å². The van der Waals surface area contributed by atoms with Crippen molar-refractivity contribution in [1.29, 1.82) is 0 Å². The minimum Gasteiger partial charge on any atom is -0.321 e. The van der Waals surface area contributed by atoms with Gasteiger partial charge in [-0.25, -0.2) is 0 Å². The highest BCUT2D eigenvalue weighted by molar-refractivity contribution is 6.06. The van der Waals surface area contributed by atoms with E-state index in [0.717, 1.165) is 19.3 Å². The number of rotatable bonds is 3. The second-order valence-electron chi connectivity index (χ2n) is 6.83. The van der Waals surface area contributed by atoms with Crippen molar-refractivity contribution >= 4 is 22.5 Å². The Kier molecular flexibility index (Phi) is 5.26. The molecule has 0 unspecified atom stereocenters. The van der Waals surface area contributed by atoms with Crippen molar-refractivity contribution in [3.05, 3.63) is 66.0 Å². The molecule has 33 heavy (non-hydrogen) atoms.